The monoisotopic (exact) mass is 709 g/mol. The number of hydrogen-bond donors (Lipinski definition) is 0. The van der Waals surface area contributed by atoms with Crippen LogP contribution in [0.5, 0.6) is 0 Å². The second kappa shape index (κ2) is 12.2. The first-order chi connectivity index (χ1) is 26.3. The fourth-order valence-electron chi connectivity index (χ4n) is 8.21. The highest BCUT2D eigenvalue weighted by molar-refractivity contribution is 7.26. The average Bonchev–Trinajstić information content (AvgIpc) is 3.80. The molecular weight excluding hydrogens is 679 g/mol. The van der Waals surface area contributed by atoms with E-state index in [4.69, 9.17) is 0 Å². The Morgan fingerprint density at radius 3 is 1.79 bits per heavy atom. The highest BCUT2D eigenvalue weighted by Crippen LogP contribution is 2.49. The molecule has 11 rings (SSSR count). The van der Waals surface area contributed by atoms with Gasteiger partial charge in [0.2, 0.25) is 0 Å². The van der Waals surface area contributed by atoms with E-state index >= 15 is 0 Å². The number of nitrogens with zero attached hydrogens (tertiary/aromatic N) is 1. The number of anilines is 3. The summed E-state index contributed by atoms with van der Waals surface area (Å²) in [6.07, 6.45) is 0. The van der Waals surface area contributed by atoms with E-state index in [1.807, 2.05) is 22.7 Å². The smallest absolute Gasteiger partial charge is 0.0640 e. The maximum absolute atomic E-state index is 2.52. The SMILES string of the molecule is c1ccc(-c2ccc(N(c3cc4ccccc4c4ccccc34)c3cccc4c3sc3ccccc34)cc2-c2ccc3sc4ccccc4c3c2)cc1. The van der Waals surface area contributed by atoms with Crippen LogP contribution in [0, 0.1) is 0 Å². The predicted molar refractivity (Wildman–Crippen MR) is 233 cm³/mol. The topological polar surface area (TPSA) is 3.24 Å². The summed E-state index contributed by atoms with van der Waals surface area (Å²) in [4.78, 5) is 2.52. The third-order valence-corrected chi connectivity index (χ3v) is 13.0. The van der Waals surface area contributed by atoms with Gasteiger partial charge in [-0.2, -0.15) is 0 Å². The summed E-state index contributed by atoms with van der Waals surface area (Å²) < 4.78 is 5.22. The zero-order valence-corrected chi connectivity index (χ0v) is 30.3. The van der Waals surface area contributed by atoms with Crippen molar-refractivity contribution in [2.75, 3.05) is 4.90 Å². The van der Waals surface area contributed by atoms with Gasteiger partial charge in [0, 0.05) is 46.7 Å². The standard InChI is InChI=1S/C50H31NS2/c1-2-13-32(14-3-1)37-27-26-35(31-43(37)34-25-28-49-44(29-34)41-20-9-10-23-47(41)52-49)51(45-22-12-21-42-40-19-8-11-24-48(40)53-50(42)45)46-30-33-15-4-5-16-36(33)38-17-6-7-18-39(38)46/h1-31H. The lowest BCUT2D eigenvalue weighted by atomic mass is 9.92. The van der Waals surface area contributed by atoms with E-state index in [0.29, 0.717) is 0 Å². The van der Waals surface area contributed by atoms with Crippen LogP contribution in [-0.2, 0) is 0 Å². The molecule has 248 valence electrons. The second-order valence-corrected chi connectivity index (χ2v) is 15.8. The second-order valence-electron chi connectivity index (χ2n) is 13.7. The molecule has 0 saturated carbocycles. The molecule has 9 aromatic carbocycles. The van der Waals surface area contributed by atoms with Crippen LogP contribution in [0.2, 0.25) is 0 Å². The summed E-state index contributed by atoms with van der Waals surface area (Å²) >= 11 is 3.74. The summed E-state index contributed by atoms with van der Waals surface area (Å²) in [6.45, 7) is 0. The first kappa shape index (κ1) is 30.4. The van der Waals surface area contributed by atoms with Gasteiger partial charge in [-0.3, -0.25) is 0 Å². The Hall–Kier alpha value is -6.26. The maximum atomic E-state index is 2.52. The quantitative estimate of drug-likeness (QED) is 0.161. The molecule has 0 N–H and O–H groups in total. The fraction of sp³-hybridized carbons (Fsp3) is 0. The van der Waals surface area contributed by atoms with Crippen molar-refractivity contribution in [2.45, 2.75) is 0 Å². The summed E-state index contributed by atoms with van der Waals surface area (Å²) in [6, 6.07) is 69.3. The van der Waals surface area contributed by atoms with E-state index in [2.05, 4.69) is 193 Å². The van der Waals surface area contributed by atoms with E-state index in [1.165, 1.54) is 95.5 Å². The van der Waals surface area contributed by atoms with Gasteiger partial charge in [0.15, 0.2) is 0 Å². The molecule has 0 aliphatic rings. The van der Waals surface area contributed by atoms with Gasteiger partial charge < -0.3 is 4.90 Å². The summed E-state index contributed by atoms with van der Waals surface area (Å²) in [5.41, 5.74) is 8.33. The van der Waals surface area contributed by atoms with E-state index in [9.17, 15) is 0 Å². The minimum atomic E-state index is 1.13. The summed E-state index contributed by atoms with van der Waals surface area (Å²) in [5.74, 6) is 0. The van der Waals surface area contributed by atoms with Crippen molar-refractivity contribution in [1.82, 2.24) is 0 Å². The lowest BCUT2D eigenvalue weighted by Gasteiger charge is -2.29. The Bertz CT molecular complexity index is 3190. The Morgan fingerprint density at radius 2 is 0.962 bits per heavy atom. The molecule has 0 saturated heterocycles. The van der Waals surface area contributed by atoms with E-state index in [-0.39, 0.29) is 0 Å². The van der Waals surface area contributed by atoms with Gasteiger partial charge in [-0.25, -0.2) is 0 Å². The molecule has 0 aliphatic carbocycles. The van der Waals surface area contributed by atoms with Crippen LogP contribution in [0.3, 0.4) is 0 Å². The number of rotatable bonds is 5. The predicted octanol–water partition coefficient (Wildman–Crippen LogP) is 15.5. The van der Waals surface area contributed by atoms with E-state index in [1.54, 1.807) is 0 Å². The van der Waals surface area contributed by atoms with Gasteiger partial charge in [-0.15, -0.1) is 22.7 Å². The number of hydrogen-bond acceptors (Lipinski definition) is 3. The molecule has 0 unspecified atom stereocenters. The molecule has 0 bridgehead atoms. The molecule has 11 aromatic rings. The van der Waals surface area contributed by atoms with Crippen LogP contribution < -0.4 is 4.90 Å². The average molecular weight is 710 g/mol. The van der Waals surface area contributed by atoms with Crippen LogP contribution >= 0.6 is 22.7 Å². The minimum absolute atomic E-state index is 1.13. The fourth-order valence-corrected chi connectivity index (χ4v) is 10.5. The highest BCUT2D eigenvalue weighted by atomic mass is 32.1. The van der Waals surface area contributed by atoms with E-state index in [0.717, 1.165) is 5.69 Å². The van der Waals surface area contributed by atoms with Crippen molar-refractivity contribution < 1.29 is 0 Å². The Morgan fingerprint density at radius 1 is 0.321 bits per heavy atom. The van der Waals surface area contributed by atoms with Gasteiger partial charge >= 0.3 is 0 Å². The number of thiophene rings is 2. The molecule has 0 spiro atoms. The summed E-state index contributed by atoms with van der Waals surface area (Å²) in [7, 11) is 0. The van der Waals surface area contributed by atoms with Crippen molar-refractivity contribution >= 4 is 102 Å². The lowest BCUT2D eigenvalue weighted by Crippen LogP contribution is -2.11. The third-order valence-electron chi connectivity index (χ3n) is 10.6. The minimum Gasteiger partial charge on any atom is -0.308 e. The number of fused-ring (bicyclic) bond motifs is 9. The van der Waals surface area contributed by atoms with Crippen LogP contribution in [0.25, 0.3) is 84.1 Å². The largest absolute Gasteiger partial charge is 0.308 e. The van der Waals surface area contributed by atoms with Crippen molar-refractivity contribution in [1.29, 1.82) is 0 Å². The zero-order valence-electron chi connectivity index (χ0n) is 28.7. The lowest BCUT2D eigenvalue weighted by molar-refractivity contribution is 1.32. The molecule has 3 heteroatoms. The van der Waals surface area contributed by atoms with Crippen molar-refractivity contribution in [3.8, 4) is 22.3 Å². The van der Waals surface area contributed by atoms with Crippen LogP contribution in [0.1, 0.15) is 0 Å². The van der Waals surface area contributed by atoms with Crippen LogP contribution in [0.4, 0.5) is 17.1 Å². The van der Waals surface area contributed by atoms with Crippen LogP contribution in [-0.4, -0.2) is 0 Å². The molecule has 0 amide bonds. The molecule has 53 heavy (non-hydrogen) atoms. The third kappa shape index (κ3) is 4.89. The molecule has 1 nitrogen and oxygen atoms in total. The molecular formula is C50H31NS2. The first-order valence-electron chi connectivity index (χ1n) is 18.0. The van der Waals surface area contributed by atoms with Gasteiger partial charge in [-0.05, 0) is 86.9 Å². The van der Waals surface area contributed by atoms with Crippen LogP contribution in [0.15, 0.2) is 188 Å². The van der Waals surface area contributed by atoms with Gasteiger partial charge in [0.1, 0.15) is 0 Å². The van der Waals surface area contributed by atoms with Gasteiger partial charge in [0.05, 0.1) is 16.1 Å². The van der Waals surface area contributed by atoms with Gasteiger partial charge in [0.25, 0.3) is 0 Å². The summed E-state index contributed by atoms with van der Waals surface area (Å²) in [5, 5.41) is 10.2. The zero-order chi connectivity index (χ0) is 34.9. The Kier molecular flexibility index (Phi) is 6.97. The molecule has 0 fully saturated rings. The van der Waals surface area contributed by atoms with Crippen molar-refractivity contribution in [2.24, 2.45) is 0 Å². The molecule has 0 aliphatic heterocycles. The number of benzene rings is 9. The van der Waals surface area contributed by atoms with Gasteiger partial charge in [-0.1, -0.05) is 140 Å². The Labute approximate surface area is 315 Å². The Balaban J connectivity index is 1.23. The maximum Gasteiger partial charge on any atom is 0.0640 e. The molecule has 2 heterocycles. The molecule has 2 aromatic heterocycles. The first-order valence-corrected chi connectivity index (χ1v) is 19.6. The van der Waals surface area contributed by atoms with Crippen molar-refractivity contribution in [3.63, 3.8) is 0 Å². The van der Waals surface area contributed by atoms with Crippen molar-refractivity contribution in [3.05, 3.63) is 188 Å². The van der Waals surface area contributed by atoms with E-state index < -0.39 is 0 Å². The molecule has 0 radical (unpaired) electrons. The highest BCUT2D eigenvalue weighted by Gasteiger charge is 2.23. The molecule has 0 atom stereocenters. The normalized spacial score (nSPS) is 11.8.